The Morgan fingerprint density at radius 2 is 2.00 bits per heavy atom. The number of carbonyl (C=O) groups is 1. The number of aromatic nitrogens is 3. The van der Waals surface area contributed by atoms with Gasteiger partial charge in [0.1, 0.15) is 17.3 Å². The maximum Gasteiger partial charge on any atom is 0.228 e. The maximum atomic E-state index is 15.4. The second kappa shape index (κ2) is 8.61. The molecular weight excluding hydrogens is 517 g/mol. The highest BCUT2D eigenvalue weighted by Crippen LogP contribution is 2.62. The van der Waals surface area contributed by atoms with Crippen LogP contribution in [0.4, 0.5) is 10.1 Å². The fraction of sp³-hybridized carbons (Fsp3) is 0.345. The first kappa shape index (κ1) is 24.3. The van der Waals surface area contributed by atoms with Gasteiger partial charge in [0.05, 0.1) is 39.1 Å². The zero-order chi connectivity index (χ0) is 26.9. The molecule has 10 heteroatoms. The maximum absolute atomic E-state index is 15.4. The van der Waals surface area contributed by atoms with Gasteiger partial charge < -0.3 is 10.1 Å². The van der Waals surface area contributed by atoms with Crippen LogP contribution in [0, 0.1) is 23.4 Å². The fourth-order valence-electron chi connectivity index (χ4n) is 5.80. The summed E-state index contributed by atoms with van der Waals surface area (Å²) in [5, 5.41) is 7.76. The molecule has 0 aliphatic heterocycles. The Morgan fingerprint density at radius 1 is 1.21 bits per heavy atom. The van der Waals surface area contributed by atoms with E-state index < -0.39 is 15.5 Å². The lowest BCUT2D eigenvalue weighted by Gasteiger charge is -2.61. The molecule has 39 heavy (non-hydrogen) atoms. The predicted molar refractivity (Wildman–Crippen MR) is 145 cm³/mol. The Balaban J connectivity index is 1.09. The zero-order valence-electron chi connectivity index (χ0n) is 21.4. The van der Waals surface area contributed by atoms with Gasteiger partial charge in [-0.15, -0.1) is 0 Å². The SMILES string of the molecule is Cc1c(Oc2ccnc3ccc(S(=N)(=O)C4CC4)cc23)ccc(CC(=O)Nc2cnn(C34CC(C3)C4)c2)c1F. The molecule has 1 unspecified atom stereocenters. The van der Waals surface area contributed by atoms with E-state index in [9.17, 15) is 9.00 Å². The third-order valence-electron chi connectivity index (χ3n) is 8.36. The summed E-state index contributed by atoms with van der Waals surface area (Å²) in [4.78, 5) is 17.5. The van der Waals surface area contributed by atoms with Gasteiger partial charge in [0.15, 0.2) is 0 Å². The van der Waals surface area contributed by atoms with Crippen LogP contribution in [0.2, 0.25) is 0 Å². The molecule has 0 saturated heterocycles. The van der Waals surface area contributed by atoms with Gasteiger partial charge in [-0.1, -0.05) is 6.07 Å². The van der Waals surface area contributed by atoms with E-state index >= 15 is 4.39 Å². The molecule has 8 rings (SSSR count). The molecule has 0 spiro atoms. The van der Waals surface area contributed by atoms with Gasteiger partial charge in [0, 0.05) is 33.5 Å². The lowest BCUT2D eigenvalue weighted by atomic mass is 9.50. The average molecular weight is 546 g/mol. The molecule has 4 fully saturated rings. The summed E-state index contributed by atoms with van der Waals surface area (Å²) in [7, 11) is -2.89. The van der Waals surface area contributed by atoms with Crippen LogP contribution >= 0.6 is 0 Å². The molecule has 2 N–H and O–H groups in total. The van der Waals surface area contributed by atoms with Gasteiger partial charge in [-0.25, -0.2) is 13.4 Å². The Kier molecular flexibility index (Phi) is 5.35. The molecular formula is C29H28FN5O3S. The Hall–Kier alpha value is -3.79. The van der Waals surface area contributed by atoms with Crippen molar-refractivity contribution in [1.82, 2.24) is 14.8 Å². The zero-order valence-corrected chi connectivity index (χ0v) is 22.3. The summed E-state index contributed by atoms with van der Waals surface area (Å²) >= 11 is 0. The van der Waals surface area contributed by atoms with Crippen LogP contribution in [0.25, 0.3) is 10.9 Å². The van der Waals surface area contributed by atoms with Crippen molar-refractivity contribution in [2.45, 2.75) is 61.1 Å². The van der Waals surface area contributed by atoms with Gasteiger partial charge in [-0.3, -0.25) is 14.5 Å². The minimum absolute atomic E-state index is 0.110. The molecule has 0 radical (unpaired) electrons. The lowest BCUT2D eigenvalue weighted by molar-refractivity contribution is -0.115. The van der Waals surface area contributed by atoms with E-state index in [1.54, 1.807) is 55.7 Å². The Bertz CT molecular complexity index is 1750. The highest BCUT2D eigenvalue weighted by Gasteiger charge is 2.58. The van der Waals surface area contributed by atoms with Crippen LogP contribution in [0.3, 0.4) is 0 Å². The van der Waals surface area contributed by atoms with Crippen LogP contribution in [-0.4, -0.2) is 30.1 Å². The number of nitrogens with one attached hydrogen (secondary N) is 2. The first-order valence-corrected chi connectivity index (χ1v) is 14.8. The molecule has 4 aromatic rings. The highest BCUT2D eigenvalue weighted by molar-refractivity contribution is 7.93. The molecule has 1 amide bonds. The van der Waals surface area contributed by atoms with Crippen LogP contribution in [0.5, 0.6) is 11.5 Å². The van der Waals surface area contributed by atoms with Gasteiger partial charge >= 0.3 is 0 Å². The molecule has 4 aliphatic carbocycles. The molecule has 4 saturated carbocycles. The van der Waals surface area contributed by atoms with Crippen molar-refractivity contribution in [3.8, 4) is 11.5 Å². The summed E-state index contributed by atoms with van der Waals surface area (Å²) < 4.78 is 44.8. The van der Waals surface area contributed by atoms with E-state index in [4.69, 9.17) is 9.52 Å². The van der Waals surface area contributed by atoms with Crippen molar-refractivity contribution in [2.75, 3.05) is 5.32 Å². The van der Waals surface area contributed by atoms with Crippen LogP contribution < -0.4 is 10.1 Å². The number of amides is 1. The Labute approximate surface area is 225 Å². The van der Waals surface area contributed by atoms with Crippen molar-refractivity contribution in [2.24, 2.45) is 5.92 Å². The second-order valence-electron chi connectivity index (χ2n) is 11.2. The molecule has 2 heterocycles. The summed E-state index contributed by atoms with van der Waals surface area (Å²) in [6, 6.07) is 10.0. The molecule has 4 aliphatic rings. The molecule has 8 nitrogen and oxygen atoms in total. The van der Waals surface area contributed by atoms with Crippen molar-refractivity contribution >= 4 is 32.2 Å². The van der Waals surface area contributed by atoms with Crippen molar-refractivity contribution in [3.05, 3.63) is 71.9 Å². The summed E-state index contributed by atoms with van der Waals surface area (Å²) in [5.74, 6) is 0.745. The minimum atomic E-state index is -2.89. The van der Waals surface area contributed by atoms with E-state index in [-0.39, 0.29) is 34.2 Å². The fourth-order valence-corrected chi connectivity index (χ4v) is 7.55. The van der Waals surface area contributed by atoms with Crippen molar-refractivity contribution < 1.29 is 18.1 Å². The molecule has 2 aromatic heterocycles. The number of ether oxygens (including phenoxy) is 1. The second-order valence-corrected chi connectivity index (χ2v) is 13.5. The number of pyridine rings is 1. The van der Waals surface area contributed by atoms with E-state index in [2.05, 4.69) is 15.4 Å². The number of hydrogen-bond acceptors (Lipinski definition) is 6. The number of halogens is 1. The number of anilines is 1. The quantitative estimate of drug-likeness (QED) is 0.285. The van der Waals surface area contributed by atoms with E-state index in [0.717, 1.165) is 38.0 Å². The van der Waals surface area contributed by atoms with E-state index in [1.807, 2.05) is 10.9 Å². The van der Waals surface area contributed by atoms with Gasteiger partial charge in [-0.2, -0.15) is 5.10 Å². The predicted octanol–water partition coefficient (Wildman–Crippen LogP) is 5.93. The summed E-state index contributed by atoms with van der Waals surface area (Å²) in [5.41, 5.74) is 1.94. The number of hydrogen-bond donors (Lipinski definition) is 2. The average Bonchev–Trinajstić information content (AvgIpc) is 3.63. The van der Waals surface area contributed by atoms with Gasteiger partial charge in [0.2, 0.25) is 5.91 Å². The van der Waals surface area contributed by atoms with E-state index in [1.165, 1.54) is 0 Å². The topological polar surface area (TPSA) is 110 Å². The summed E-state index contributed by atoms with van der Waals surface area (Å²) in [6.07, 6.45) is 10.0. The minimum Gasteiger partial charge on any atom is -0.456 e. The van der Waals surface area contributed by atoms with Crippen molar-refractivity contribution in [3.63, 3.8) is 0 Å². The highest BCUT2D eigenvalue weighted by atomic mass is 32.2. The van der Waals surface area contributed by atoms with Crippen LogP contribution in [0.1, 0.15) is 43.2 Å². The van der Waals surface area contributed by atoms with Crippen LogP contribution in [0.15, 0.2) is 59.9 Å². The number of rotatable bonds is 8. The normalized spacial score (nSPS) is 23.0. The number of benzene rings is 2. The standard InChI is InChI=1S/C29H28FN5O3S/c1-17-25(38-26-8-9-32-24-6-5-22(11-23(24)26)39(31,37)21-3-4-21)7-2-19(28(17)30)10-27(36)34-20-15-33-35(16-20)29-12-18(13-29)14-29/h2,5-9,11,15-16,18,21,31H,3-4,10,12-14H2,1H3,(H,34,36). The molecule has 2 bridgehead atoms. The molecule has 1 atom stereocenters. The number of nitrogens with zero attached hydrogens (tertiary/aromatic N) is 3. The number of carbonyl (C=O) groups excluding carboxylic acids is 1. The first-order chi connectivity index (χ1) is 18.7. The molecule has 200 valence electrons. The summed E-state index contributed by atoms with van der Waals surface area (Å²) in [6.45, 7) is 1.61. The number of fused-ring (bicyclic) bond motifs is 1. The van der Waals surface area contributed by atoms with Gasteiger partial charge in [-0.05, 0) is 80.8 Å². The molecule has 2 aromatic carbocycles. The largest absolute Gasteiger partial charge is 0.456 e. The lowest BCUT2D eigenvalue weighted by Crippen LogP contribution is -2.59. The van der Waals surface area contributed by atoms with Crippen LogP contribution in [-0.2, 0) is 26.5 Å². The Morgan fingerprint density at radius 3 is 2.72 bits per heavy atom. The monoisotopic (exact) mass is 545 g/mol. The third kappa shape index (κ3) is 4.09. The van der Waals surface area contributed by atoms with Crippen molar-refractivity contribution in [1.29, 1.82) is 4.78 Å². The smallest absolute Gasteiger partial charge is 0.228 e. The van der Waals surface area contributed by atoms with Gasteiger partial charge in [0.25, 0.3) is 0 Å². The first-order valence-electron chi connectivity index (χ1n) is 13.2. The third-order valence-corrected chi connectivity index (χ3v) is 10.7. The van der Waals surface area contributed by atoms with E-state index in [0.29, 0.717) is 33.0 Å².